The summed E-state index contributed by atoms with van der Waals surface area (Å²) in [5, 5.41) is 0. The standard InChI is InChI=1S/C15H22N2O2S2/c1-10(2)13-5-4-8-17(13)21(18,19)14-9-12(15(16)20)7-6-11(14)3/h6-7,9-10,13H,4-5,8H2,1-3H3,(H2,16,20). The summed E-state index contributed by atoms with van der Waals surface area (Å²) < 4.78 is 27.6. The summed E-state index contributed by atoms with van der Waals surface area (Å²) in [5.41, 5.74) is 6.95. The highest BCUT2D eigenvalue weighted by molar-refractivity contribution is 7.89. The van der Waals surface area contributed by atoms with Crippen LogP contribution in [0.1, 0.15) is 37.8 Å². The van der Waals surface area contributed by atoms with E-state index in [1.165, 1.54) is 0 Å². The van der Waals surface area contributed by atoms with Crippen LogP contribution in [0.25, 0.3) is 0 Å². The first kappa shape index (κ1) is 16.4. The molecular weight excluding hydrogens is 304 g/mol. The molecule has 1 heterocycles. The lowest BCUT2D eigenvalue weighted by molar-refractivity contribution is 0.315. The van der Waals surface area contributed by atoms with E-state index in [2.05, 4.69) is 13.8 Å². The molecule has 0 spiro atoms. The molecule has 1 aliphatic rings. The third kappa shape index (κ3) is 3.12. The molecule has 6 heteroatoms. The van der Waals surface area contributed by atoms with E-state index >= 15 is 0 Å². The minimum atomic E-state index is -3.50. The highest BCUT2D eigenvalue weighted by Crippen LogP contribution is 2.31. The van der Waals surface area contributed by atoms with Crippen LogP contribution < -0.4 is 5.73 Å². The molecule has 116 valence electrons. The molecule has 0 aliphatic carbocycles. The third-order valence-corrected chi connectivity index (χ3v) is 6.38. The predicted molar refractivity (Wildman–Crippen MR) is 88.8 cm³/mol. The zero-order valence-corrected chi connectivity index (χ0v) is 14.3. The topological polar surface area (TPSA) is 63.4 Å². The molecule has 2 N–H and O–H groups in total. The van der Waals surface area contributed by atoms with Crippen LogP contribution in [0.2, 0.25) is 0 Å². The number of nitrogens with two attached hydrogens (primary N) is 1. The molecule has 1 aromatic carbocycles. The summed E-state index contributed by atoms with van der Waals surface area (Å²) in [4.78, 5) is 0.536. The molecule has 0 saturated carbocycles. The lowest BCUT2D eigenvalue weighted by Crippen LogP contribution is -2.38. The van der Waals surface area contributed by atoms with Crippen molar-refractivity contribution in [3.8, 4) is 0 Å². The zero-order valence-electron chi connectivity index (χ0n) is 12.7. The quantitative estimate of drug-likeness (QED) is 0.863. The van der Waals surface area contributed by atoms with E-state index < -0.39 is 10.0 Å². The summed E-state index contributed by atoms with van der Waals surface area (Å²) in [6.07, 6.45) is 1.83. The fraction of sp³-hybridized carbons (Fsp3) is 0.533. The fourth-order valence-corrected chi connectivity index (χ4v) is 5.09. The van der Waals surface area contributed by atoms with Crippen LogP contribution in [-0.2, 0) is 10.0 Å². The van der Waals surface area contributed by atoms with Crippen LogP contribution >= 0.6 is 12.2 Å². The molecule has 1 saturated heterocycles. The lowest BCUT2D eigenvalue weighted by atomic mass is 10.0. The molecular formula is C15H22N2O2S2. The highest BCUT2D eigenvalue weighted by atomic mass is 32.2. The summed E-state index contributed by atoms with van der Waals surface area (Å²) >= 11 is 4.96. The maximum atomic E-state index is 13.0. The van der Waals surface area contributed by atoms with Crippen LogP contribution in [0.15, 0.2) is 23.1 Å². The van der Waals surface area contributed by atoms with Gasteiger partial charge in [0.05, 0.1) is 4.90 Å². The Labute approximate surface area is 132 Å². The second-order valence-corrected chi connectivity index (χ2v) is 8.21. The van der Waals surface area contributed by atoms with Crippen LogP contribution in [0.5, 0.6) is 0 Å². The van der Waals surface area contributed by atoms with Gasteiger partial charge in [-0.05, 0) is 37.3 Å². The van der Waals surface area contributed by atoms with Gasteiger partial charge in [-0.15, -0.1) is 0 Å². The normalized spacial score (nSPS) is 20.1. The number of hydrogen-bond donors (Lipinski definition) is 1. The van der Waals surface area contributed by atoms with Crippen LogP contribution in [-0.4, -0.2) is 30.3 Å². The van der Waals surface area contributed by atoms with E-state index in [1.807, 2.05) is 0 Å². The van der Waals surface area contributed by atoms with Gasteiger partial charge in [0, 0.05) is 18.2 Å². The van der Waals surface area contributed by atoms with E-state index in [0.29, 0.717) is 22.9 Å². The number of sulfonamides is 1. The molecule has 4 nitrogen and oxygen atoms in total. The Morgan fingerprint density at radius 2 is 2.10 bits per heavy atom. The van der Waals surface area contributed by atoms with Gasteiger partial charge in [-0.3, -0.25) is 0 Å². The van der Waals surface area contributed by atoms with E-state index in [9.17, 15) is 8.42 Å². The minimum absolute atomic E-state index is 0.0721. The van der Waals surface area contributed by atoms with E-state index in [-0.39, 0.29) is 11.0 Å². The van der Waals surface area contributed by atoms with Gasteiger partial charge >= 0.3 is 0 Å². The second-order valence-electron chi connectivity index (χ2n) is 5.91. The third-order valence-electron chi connectivity index (χ3n) is 4.08. The van der Waals surface area contributed by atoms with Crippen LogP contribution in [0.4, 0.5) is 0 Å². The smallest absolute Gasteiger partial charge is 0.243 e. The molecule has 1 unspecified atom stereocenters. The monoisotopic (exact) mass is 326 g/mol. The first-order chi connectivity index (χ1) is 9.75. The average molecular weight is 326 g/mol. The lowest BCUT2D eigenvalue weighted by Gasteiger charge is -2.27. The Balaban J connectivity index is 2.49. The SMILES string of the molecule is Cc1ccc(C(N)=S)cc1S(=O)(=O)N1CCCC1C(C)C. The summed E-state index contributed by atoms with van der Waals surface area (Å²) in [5.74, 6) is 0.307. The summed E-state index contributed by atoms with van der Waals surface area (Å²) in [6, 6.07) is 5.20. The molecule has 1 aliphatic heterocycles. The van der Waals surface area contributed by atoms with Crippen molar-refractivity contribution < 1.29 is 8.42 Å². The van der Waals surface area contributed by atoms with Crippen molar-refractivity contribution in [2.75, 3.05) is 6.54 Å². The van der Waals surface area contributed by atoms with Crippen molar-refractivity contribution in [3.63, 3.8) is 0 Å². The first-order valence-corrected chi connectivity index (χ1v) is 9.02. The van der Waals surface area contributed by atoms with Gasteiger partial charge in [0.1, 0.15) is 4.99 Å². The van der Waals surface area contributed by atoms with Gasteiger partial charge in [0.25, 0.3) is 0 Å². The molecule has 0 radical (unpaired) electrons. The summed E-state index contributed by atoms with van der Waals surface area (Å²) in [6.45, 7) is 6.52. The Morgan fingerprint density at radius 3 is 2.67 bits per heavy atom. The van der Waals surface area contributed by atoms with Crippen molar-refractivity contribution in [1.82, 2.24) is 4.31 Å². The number of benzene rings is 1. The van der Waals surface area contributed by atoms with Gasteiger partial charge < -0.3 is 5.73 Å². The minimum Gasteiger partial charge on any atom is -0.389 e. The van der Waals surface area contributed by atoms with Crippen molar-refractivity contribution in [2.45, 2.75) is 44.6 Å². The van der Waals surface area contributed by atoms with Gasteiger partial charge in [-0.1, -0.05) is 38.2 Å². The predicted octanol–water partition coefficient (Wildman–Crippen LogP) is 2.44. The van der Waals surface area contributed by atoms with Crippen molar-refractivity contribution in [1.29, 1.82) is 0 Å². The van der Waals surface area contributed by atoms with Crippen LogP contribution in [0.3, 0.4) is 0 Å². The first-order valence-electron chi connectivity index (χ1n) is 7.17. The Morgan fingerprint density at radius 1 is 1.43 bits per heavy atom. The Bertz CT molecular complexity index is 654. The molecule has 0 bridgehead atoms. The number of thiocarbonyl (C=S) groups is 1. The number of aryl methyl sites for hydroxylation is 1. The molecule has 0 aromatic heterocycles. The average Bonchev–Trinajstić information content (AvgIpc) is 2.88. The van der Waals surface area contributed by atoms with Gasteiger partial charge in [0.15, 0.2) is 0 Å². The zero-order chi connectivity index (χ0) is 15.8. The largest absolute Gasteiger partial charge is 0.389 e. The van der Waals surface area contributed by atoms with Gasteiger partial charge in [-0.2, -0.15) is 4.31 Å². The fourth-order valence-electron chi connectivity index (χ4n) is 2.89. The molecule has 1 fully saturated rings. The number of hydrogen-bond acceptors (Lipinski definition) is 3. The Kier molecular flexibility index (Phi) is 4.70. The highest BCUT2D eigenvalue weighted by Gasteiger charge is 2.37. The number of rotatable bonds is 4. The van der Waals surface area contributed by atoms with E-state index in [0.717, 1.165) is 18.4 Å². The van der Waals surface area contributed by atoms with E-state index in [1.54, 1.807) is 29.4 Å². The Hall–Kier alpha value is -0.980. The van der Waals surface area contributed by atoms with Crippen LogP contribution in [0, 0.1) is 12.8 Å². The summed E-state index contributed by atoms with van der Waals surface area (Å²) in [7, 11) is -3.50. The van der Waals surface area contributed by atoms with Crippen molar-refractivity contribution in [3.05, 3.63) is 29.3 Å². The molecule has 0 amide bonds. The van der Waals surface area contributed by atoms with E-state index in [4.69, 9.17) is 18.0 Å². The van der Waals surface area contributed by atoms with Gasteiger partial charge in [0.2, 0.25) is 10.0 Å². The van der Waals surface area contributed by atoms with Crippen molar-refractivity contribution in [2.24, 2.45) is 11.7 Å². The maximum Gasteiger partial charge on any atom is 0.243 e. The van der Waals surface area contributed by atoms with Crippen molar-refractivity contribution >= 4 is 27.2 Å². The molecule has 1 atom stereocenters. The molecule has 2 rings (SSSR count). The maximum absolute atomic E-state index is 13.0. The second kappa shape index (κ2) is 6.02. The number of nitrogens with zero attached hydrogens (tertiary/aromatic N) is 1. The molecule has 21 heavy (non-hydrogen) atoms. The van der Waals surface area contributed by atoms with Gasteiger partial charge in [-0.25, -0.2) is 8.42 Å². The molecule has 1 aromatic rings.